The molecule has 0 aliphatic carbocycles. The summed E-state index contributed by atoms with van der Waals surface area (Å²) in [7, 11) is 0. The predicted molar refractivity (Wildman–Crippen MR) is 124 cm³/mol. The van der Waals surface area contributed by atoms with E-state index in [4.69, 9.17) is 4.74 Å². The summed E-state index contributed by atoms with van der Waals surface area (Å²) >= 11 is 0. The fraction of sp³-hybridized carbons (Fsp3) is 0.357. The summed E-state index contributed by atoms with van der Waals surface area (Å²) in [6.07, 6.45) is 0.640. The van der Waals surface area contributed by atoms with Crippen molar-refractivity contribution in [1.29, 1.82) is 0 Å². The molecule has 0 bridgehead atoms. The van der Waals surface area contributed by atoms with Gasteiger partial charge in [0.2, 0.25) is 0 Å². The lowest BCUT2D eigenvalue weighted by atomic mass is 9.90. The van der Waals surface area contributed by atoms with Gasteiger partial charge in [0.15, 0.2) is 17.5 Å². The molecule has 2 nitrogen and oxygen atoms in total. The van der Waals surface area contributed by atoms with Gasteiger partial charge in [-0.25, -0.2) is 22.0 Å². The standard InChI is InChI=1S/C28H25F7O2/c1-2-3-4-16-5-10-25(36-15-16)18-8-6-17(7-9-18)19-11-21(29)26(22(30)12-19)28(34,35)37-20-13-23(31)27(33)24(32)14-20/h6-9,11-14,16,25H,2-5,10,15H2,1H3. The highest BCUT2D eigenvalue weighted by Gasteiger charge is 2.41. The second kappa shape index (κ2) is 11.1. The summed E-state index contributed by atoms with van der Waals surface area (Å²) in [4.78, 5) is 0. The third-order valence-electron chi connectivity index (χ3n) is 6.49. The zero-order valence-corrected chi connectivity index (χ0v) is 20.0. The molecule has 2 unspecified atom stereocenters. The summed E-state index contributed by atoms with van der Waals surface area (Å²) in [5.74, 6) is -9.32. The number of benzene rings is 3. The van der Waals surface area contributed by atoms with Crippen LogP contribution in [-0.2, 0) is 10.8 Å². The largest absolute Gasteiger partial charge is 0.432 e. The Hall–Kier alpha value is -3.07. The van der Waals surface area contributed by atoms with Gasteiger partial charge in [-0.1, -0.05) is 44.0 Å². The number of halogens is 7. The fourth-order valence-corrected chi connectivity index (χ4v) is 4.49. The first-order valence-electron chi connectivity index (χ1n) is 12.0. The van der Waals surface area contributed by atoms with Crippen molar-refractivity contribution in [1.82, 2.24) is 0 Å². The third-order valence-corrected chi connectivity index (χ3v) is 6.49. The van der Waals surface area contributed by atoms with E-state index in [-0.39, 0.29) is 23.8 Å². The molecule has 0 radical (unpaired) electrons. The predicted octanol–water partition coefficient (Wildman–Crippen LogP) is 8.84. The molecule has 1 aliphatic heterocycles. The molecule has 1 aliphatic rings. The normalized spacial score (nSPS) is 18.2. The topological polar surface area (TPSA) is 18.5 Å². The van der Waals surface area contributed by atoms with Crippen molar-refractivity contribution in [2.45, 2.75) is 51.2 Å². The Labute approximate surface area is 210 Å². The van der Waals surface area contributed by atoms with Crippen molar-refractivity contribution in [3.63, 3.8) is 0 Å². The van der Waals surface area contributed by atoms with E-state index in [1.165, 1.54) is 6.42 Å². The summed E-state index contributed by atoms with van der Waals surface area (Å²) in [5.41, 5.74) is -0.444. The van der Waals surface area contributed by atoms with Crippen LogP contribution >= 0.6 is 0 Å². The Bertz CT molecular complexity index is 1190. The first-order chi connectivity index (χ1) is 17.6. The van der Waals surface area contributed by atoms with Crippen molar-refractivity contribution in [2.75, 3.05) is 6.61 Å². The first kappa shape index (κ1) is 27.0. The second-order valence-corrected chi connectivity index (χ2v) is 9.16. The van der Waals surface area contributed by atoms with E-state index in [0.717, 1.165) is 31.2 Å². The third kappa shape index (κ3) is 6.09. The number of hydrogen-bond donors (Lipinski definition) is 0. The van der Waals surface area contributed by atoms with Crippen LogP contribution in [0.1, 0.15) is 56.3 Å². The Morgan fingerprint density at radius 1 is 0.838 bits per heavy atom. The number of hydrogen-bond acceptors (Lipinski definition) is 2. The molecule has 1 fully saturated rings. The van der Waals surface area contributed by atoms with Gasteiger partial charge in [0.25, 0.3) is 0 Å². The van der Waals surface area contributed by atoms with Gasteiger partial charge in [-0.05, 0) is 54.0 Å². The van der Waals surface area contributed by atoms with Crippen LogP contribution in [0.3, 0.4) is 0 Å². The molecule has 1 heterocycles. The maximum absolute atomic E-state index is 14.7. The van der Waals surface area contributed by atoms with Gasteiger partial charge >= 0.3 is 6.11 Å². The molecule has 1 saturated heterocycles. The van der Waals surface area contributed by atoms with Crippen LogP contribution in [0.2, 0.25) is 0 Å². The van der Waals surface area contributed by atoms with Gasteiger partial charge in [-0.2, -0.15) is 8.78 Å². The Morgan fingerprint density at radius 3 is 2.00 bits per heavy atom. The van der Waals surface area contributed by atoms with Crippen LogP contribution in [0, 0.1) is 35.0 Å². The van der Waals surface area contributed by atoms with E-state index in [1.807, 2.05) is 0 Å². The molecule has 0 saturated carbocycles. The Kier molecular flexibility index (Phi) is 8.11. The van der Waals surface area contributed by atoms with E-state index in [1.54, 1.807) is 24.3 Å². The number of ether oxygens (including phenoxy) is 2. The van der Waals surface area contributed by atoms with Crippen LogP contribution in [0.15, 0.2) is 48.5 Å². The van der Waals surface area contributed by atoms with Crippen molar-refractivity contribution < 1.29 is 40.2 Å². The molecule has 0 amide bonds. The molecular formula is C28H25F7O2. The lowest BCUT2D eigenvalue weighted by molar-refractivity contribution is -0.189. The second-order valence-electron chi connectivity index (χ2n) is 9.16. The minimum atomic E-state index is -4.64. The molecule has 0 aromatic heterocycles. The zero-order chi connectivity index (χ0) is 26.7. The SMILES string of the molecule is CCCCC1CCC(c2ccc(-c3cc(F)c(C(F)(F)Oc4cc(F)c(F)c(F)c4)c(F)c3)cc2)OC1. The molecule has 3 aromatic rings. The molecule has 3 aromatic carbocycles. The molecule has 0 spiro atoms. The van der Waals surface area contributed by atoms with Gasteiger partial charge in [0.05, 0.1) is 12.7 Å². The summed E-state index contributed by atoms with van der Waals surface area (Å²) in [6, 6.07) is 8.51. The van der Waals surface area contributed by atoms with Crippen LogP contribution in [0.25, 0.3) is 11.1 Å². The molecule has 198 valence electrons. The summed E-state index contributed by atoms with van der Waals surface area (Å²) in [5, 5.41) is 0. The molecular weight excluding hydrogens is 501 g/mol. The average molecular weight is 526 g/mol. The quantitative estimate of drug-likeness (QED) is 0.216. The van der Waals surface area contributed by atoms with E-state index >= 15 is 0 Å². The zero-order valence-electron chi connectivity index (χ0n) is 20.0. The molecule has 37 heavy (non-hydrogen) atoms. The van der Waals surface area contributed by atoms with Crippen LogP contribution in [-0.4, -0.2) is 6.61 Å². The minimum absolute atomic E-state index is 0.00385. The highest BCUT2D eigenvalue weighted by atomic mass is 19.3. The van der Waals surface area contributed by atoms with Gasteiger partial charge in [-0.3, -0.25) is 0 Å². The van der Waals surface area contributed by atoms with Crippen molar-refractivity contribution in [3.05, 3.63) is 88.7 Å². The van der Waals surface area contributed by atoms with E-state index in [0.29, 0.717) is 30.2 Å². The molecule has 0 N–H and O–H groups in total. The van der Waals surface area contributed by atoms with Gasteiger partial charge < -0.3 is 9.47 Å². The lowest BCUT2D eigenvalue weighted by Gasteiger charge is -2.29. The molecule has 4 rings (SSSR count). The fourth-order valence-electron chi connectivity index (χ4n) is 4.49. The minimum Gasteiger partial charge on any atom is -0.429 e. The summed E-state index contributed by atoms with van der Waals surface area (Å²) in [6.45, 7) is 2.83. The van der Waals surface area contributed by atoms with Gasteiger partial charge in [0, 0.05) is 12.1 Å². The van der Waals surface area contributed by atoms with Crippen molar-refractivity contribution in [3.8, 4) is 16.9 Å². The average Bonchev–Trinajstić information content (AvgIpc) is 2.85. The Balaban J connectivity index is 1.50. The maximum atomic E-state index is 14.7. The number of unbranched alkanes of at least 4 members (excludes halogenated alkanes) is 1. The first-order valence-corrected chi connectivity index (χ1v) is 12.0. The van der Waals surface area contributed by atoms with E-state index in [9.17, 15) is 30.7 Å². The maximum Gasteiger partial charge on any atom is 0.432 e. The molecule has 2 atom stereocenters. The lowest BCUT2D eigenvalue weighted by Crippen LogP contribution is -2.25. The number of rotatable bonds is 8. The molecule has 9 heteroatoms. The number of alkyl halides is 2. The highest BCUT2D eigenvalue weighted by molar-refractivity contribution is 5.64. The van der Waals surface area contributed by atoms with Crippen molar-refractivity contribution in [2.24, 2.45) is 5.92 Å². The van der Waals surface area contributed by atoms with E-state index < -0.39 is 46.5 Å². The van der Waals surface area contributed by atoms with Crippen LogP contribution in [0.4, 0.5) is 30.7 Å². The smallest absolute Gasteiger partial charge is 0.429 e. The summed E-state index contributed by atoms with van der Waals surface area (Å²) < 4.78 is 108. The highest BCUT2D eigenvalue weighted by Crippen LogP contribution is 2.38. The van der Waals surface area contributed by atoms with Gasteiger partial charge in [-0.15, -0.1) is 0 Å². The van der Waals surface area contributed by atoms with Gasteiger partial charge in [0.1, 0.15) is 22.9 Å². The van der Waals surface area contributed by atoms with Crippen LogP contribution in [0.5, 0.6) is 5.75 Å². The van der Waals surface area contributed by atoms with Crippen molar-refractivity contribution >= 4 is 0 Å². The monoisotopic (exact) mass is 526 g/mol. The van der Waals surface area contributed by atoms with Crippen LogP contribution < -0.4 is 4.74 Å². The van der Waals surface area contributed by atoms with E-state index in [2.05, 4.69) is 11.7 Å². The Morgan fingerprint density at radius 2 is 1.46 bits per heavy atom.